The molecular formula is C20H17NO4S. The quantitative estimate of drug-likeness (QED) is 0.483. The molecule has 0 radical (unpaired) electrons. The Kier molecular flexibility index (Phi) is 5.34. The molecule has 0 saturated heterocycles. The van der Waals surface area contributed by atoms with E-state index < -0.39 is 10.1 Å². The summed E-state index contributed by atoms with van der Waals surface area (Å²) in [4.78, 5) is 4.48. The predicted octanol–water partition coefficient (Wildman–Crippen LogP) is 4.21. The van der Waals surface area contributed by atoms with Crippen LogP contribution in [0.2, 0.25) is 0 Å². The lowest BCUT2D eigenvalue weighted by molar-refractivity contribution is 0.415. The molecule has 0 atom stereocenters. The molecule has 26 heavy (non-hydrogen) atoms. The van der Waals surface area contributed by atoms with Crippen LogP contribution in [-0.4, -0.2) is 21.7 Å². The Morgan fingerprint density at radius 3 is 2.04 bits per heavy atom. The van der Waals surface area contributed by atoms with Gasteiger partial charge in [0.05, 0.1) is 12.8 Å². The molecule has 0 unspecified atom stereocenters. The molecule has 0 fully saturated rings. The highest BCUT2D eigenvalue weighted by Crippen LogP contribution is 2.20. The van der Waals surface area contributed by atoms with E-state index in [1.54, 1.807) is 55.8 Å². The number of methoxy groups -OCH3 is 1. The van der Waals surface area contributed by atoms with Crippen molar-refractivity contribution >= 4 is 22.0 Å². The van der Waals surface area contributed by atoms with Gasteiger partial charge in [0.15, 0.2) is 0 Å². The molecule has 0 N–H and O–H groups in total. The summed E-state index contributed by atoms with van der Waals surface area (Å²) in [6.07, 6.45) is 1.69. The molecule has 0 aliphatic heterocycles. The van der Waals surface area contributed by atoms with E-state index in [1.807, 2.05) is 24.3 Å². The highest BCUT2D eigenvalue weighted by Gasteiger charge is 2.15. The number of hydrogen-bond acceptors (Lipinski definition) is 5. The van der Waals surface area contributed by atoms with Crippen LogP contribution >= 0.6 is 0 Å². The standard InChI is InChI=1S/C20H17NO4S/c1-24-18-13-9-17(10-14-18)21-15-16-7-11-19(12-8-16)25-26(22,23)20-5-3-2-4-6-20/h2-15H,1H3. The molecule has 0 saturated carbocycles. The molecule has 3 aromatic carbocycles. The third-order valence-electron chi connectivity index (χ3n) is 3.55. The fourth-order valence-electron chi connectivity index (χ4n) is 2.19. The van der Waals surface area contributed by atoms with Crippen molar-refractivity contribution in [3.05, 3.63) is 84.4 Å². The van der Waals surface area contributed by atoms with Crippen LogP contribution in [0.4, 0.5) is 5.69 Å². The molecule has 0 heterocycles. The zero-order valence-electron chi connectivity index (χ0n) is 14.1. The predicted molar refractivity (Wildman–Crippen MR) is 101 cm³/mol. The van der Waals surface area contributed by atoms with E-state index in [2.05, 4.69) is 4.99 Å². The van der Waals surface area contributed by atoms with Gasteiger partial charge in [0.2, 0.25) is 0 Å². The minimum absolute atomic E-state index is 0.116. The topological polar surface area (TPSA) is 65.0 Å². The first-order chi connectivity index (χ1) is 12.6. The third-order valence-corrected chi connectivity index (χ3v) is 4.81. The minimum atomic E-state index is -3.83. The van der Waals surface area contributed by atoms with Gasteiger partial charge in [-0.25, -0.2) is 0 Å². The third kappa shape index (κ3) is 4.49. The number of hydrogen-bond donors (Lipinski definition) is 0. The van der Waals surface area contributed by atoms with E-state index in [1.165, 1.54) is 12.1 Å². The second-order valence-electron chi connectivity index (χ2n) is 5.38. The fraction of sp³-hybridized carbons (Fsp3) is 0.0500. The van der Waals surface area contributed by atoms with Crippen molar-refractivity contribution in [3.63, 3.8) is 0 Å². The lowest BCUT2D eigenvalue weighted by Gasteiger charge is -2.06. The molecule has 6 heteroatoms. The highest BCUT2D eigenvalue weighted by molar-refractivity contribution is 7.87. The average molecular weight is 367 g/mol. The summed E-state index contributed by atoms with van der Waals surface area (Å²) in [5.74, 6) is 1.01. The van der Waals surface area contributed by atoms with E-state index in [0.29, 0.717) is 0 Å². The van der Waals surface area contributed by atoms with Crippen molar-refractivity contribution in [3.8, 4) is 11.5 Å². The van der Waals surface area contributed by atoms with Crippen LogP contribution in [0.5, 0.6) is 11.5 Å². The van der Waals surface area contributed by atoms with Crippen molar-refractivity contribution in [2.45, 2.75) is 4.90 Å². The second-order valence-corrected chi connectivity index (χ2v) is 6.92. The summed E-state index contributed by atoms with van der Waals surface area (Å²) in [6.45, 7) is 0. The second kappa shape index (κ2) is 7.84. The van der Waals surface area contributed by atoms with Crippen LogP contribution in [0, 0.1) is 0 Å². The maximum atomic E-state index is 12.2. The van der Waals surface area contributed by atoms with Crippen LogP contribution in [0.25, 0.3) is 0 Å². The van der Waals surface area contributed by atoms with E-state index in [0.717, 1.165) is 17.0 Å². The SMILES string of the molecule is COc1ccc(N=Cc2ccc(OS(=O)(=O)c3ccccc3)cc2)cc1. The maximum Gasteiger partial charge on any atom is 0.339 e. The summed E-state index contributed by atoms with van der Waals surface area (Å²) in [6, 6.07) is 22.0. The maximum absolute atomic E-state index is 12.2. The first-order valence-corrected chi connectivity index (χ1v) is 9.25. The van der Waals surface area contributed by atoms with Gasteiger partial charge in [-0.1, -0.05) is 18.2 Å². The van der Waals surface area contributed by atoms with Crippen LogP contribution in [0.15, 0.2) is 88.8 Å². The Balaban J connectivity index is 1.69. The molecule has 132 valence electrons. The Hall–Kier alpha value is -3.12. The lowest BCUT2D eigenvalue weighted by Crippen LogP contribution is -2.09. The van der Waals surface area contributed by atoms with Gasteiger partial charge < -0.3 is 8.92 Å². The van der Waals surface area contributed by atoms with Gasteiger partial charge >= 0.3 is 10.1 Å². The average Bonchev–Trinajstić information content (AvgIpc) is 2.68. The first kappa shape index (κ1) is 17.7. The number of aliphatic imine (C=N–C) groups is 1. The Morgan fingerprint density at radius 1 is 0.808 bits per heavy atom. The van der Waals surface area contributed by atoms with E-state index in [4.69, 9.17) is 8.92 Å². The summed E-state index contributed by atoms with van der Waals surface area (Å²) in [5, 5.41) is 0. The zero-order valence-corrected chi connectivity index (χ0v) is 14.9. The largest absolute Gasteiger partial charge is 0.497 e. The Labute approximate surface area is 152 Å². The van der Waals surface area contributed by atoms with Crippen molar-refractivity contribution < 1.29 is 17.3 Å². The monoisotopic (exact) mass is 367 g/mol. The van der Waals surface area contributed by atoms with Crippen LogP contribution in [0.1, 0.15) is 5.56 Å². The van der Waals surface area contributed by atoms with Gasteiger partial charge in [0.25, 0.3) is 0 Å². The molecule has 0 spiro atoms. The van der Waals surface area contributed by atoms with E-state index in [9.17, 15) is 8.42 Å². The molecule has 0 aliphatic carbocycles. The number of nitrogens with zero attached hydrogens (tertiary/aromatic N) is 1. The molecule has 5 nitrogen and oxygen atoms in total. The first-order valence-electron chi connectivity index (χ1n) is 7.84. The van der Waals surface area contributed by atoms with Gasteiger partial charge in [0.1, 0.15) is 16.4 Å². The van der Waals surface area contributed by atoms with E-state index >= 15 is 0 Å². The van der Waals surface area contributed by atoms with Crippen LogP contribution < -0.4 is 8.92 Å². The van der Waals surface area contributed by atoms with E-state index in [-0.39, 0.29) is 10.6 Å². The van der Waals surface area contributed by atoms with Crippen LogP contribution in [0.3, 0.4) is 0 Å². The smallest absolute Gasteiger partial charge is 0.339 e. The molecule has 3 aromatic rings. The Morgan fingerprint density at radius 2 is 1.42 bits per heavy atom. The zero-order chi connectivity index (χ0) is 18.4. The van der Waals surface area contributed by atoms with Crippen molar-refractivity contribution in [2.75, 3.05) is 7.11 Å². The molecule has 3 rings (SSSR count). The summed E-state index contributed by atoms with van der Waals surface area (Å²) in [7, 11) is -2.22. The van der Waals surface area contributed by atoms with Gasteiger partial charge in [0, 0.05) is 6.21 Å². The fourth-order valence-corrected chi connectivity index (χ4v) is 3.14. The summed E-state index contributed by atoms with van der Waals surface area (Å²) in [5.41, 5.74) is 1.61. The molecule has 0 aromatic heterocycles. The normalized spacial score (nSPS) is 11.4. The summed E-state index contributed by atoms with van der Waals surface area (Å²) >= 11 is 0. The molecular weight excluding hydrogens is 350 g/mol. The van der Waals surface area contributed by atoms with Crippen molar-refractivity contribution in [2.24, 2.45) is 4.99 Å². The number of rotatable bonds is 6. The summed E-state index contributed by atoms with van der Waals surface area (Å²) < 4.78 is 34.6. The number of benzene rings is 3. The Bertz CT molecular complexity index is 980. The minimum Gasteiger partial charge on any atom is -0.497 e. The van der Waals surface area contributed by atoms with Gasteiger partial charge in [-0.3, -0.25) is 4.99 Å². The molecule has 0 aliphatic rings. The van der Waals surface area contributed by atoms with Crippen molar-refractivity contribution in [1.82, 2.24) is 0 Å². The van der Waals surface area contributed by atoms with Gasteiger partial charge in [-0.2, -0.15) is 8.42 Å². The van der Waals surface area contributed by atoms with Gasteiger partial charge in [-0.05, 0) is 66.2 Å². The number of ether oxygens (including phenoxy) is 1. The molecule has 0 amide bonds. The van der Waals surface area contributed by atoms with Crippen molar-refractivity contribution in [1.29, 1.82) is 0 Å². The van der Waals surface area contributed by atoms with Crippen LogP contribution in [-0.2, 0) is 10.1 Å². The lowest BCUT2D eigenvalue weighted by atomic mass is 10.2. The van der Waals surface area contributed by atoms with Gasteiger partial charge in [-0.15, -0.1) is 0 Å². The molecule has 0 bridgehead atoms. The highest BCUT2D eigenvalue weighted by atomic mass is 32.2.